The van der Waals surface area contributed by atoms with Gasteiger partial charge in [0.2, 0.25) is 5.91 Å². The van der Waals surface area contributed by atoms with E-state index in [1.807, 2.05) is 42.5 Å². The predicted molar refractivity (Wildman–Crippen MR) is 97.5 cm³/mol. The number of benzene rings is 2. The zero-order chi connectivity index (χ0) is 18.1. The smallest absolute Gasteiger partial charge is 0.253 e. The first kappa shape index (κ1) is 18.5. The van der Waals surface area contributed by atoms with Crippen molar-refractivity contribution in [1.29, 1.82) is 0 Å². The van der Waals surface area contributed by atoms with Gasteiger partial charge in [-0.3, -0.25) is 9.59 Å². The van der Waals surface area contributed by atoms with E-state index in [2.05, 4.69) is 5.32 Å². The molecule has 5 heteroatoms. The van der Waals surface area contributed by atoms with E-state index in [0.717, 1.165) is 11.3 Å². The molecule has 2 rings (SSSR count). The lowest BCUT2D eigenvalue weighted by Crippen LogP contribution is -2.24. The third-order valence-electron chi connectivity index (χ3n) is 3.63. The van der Waals surface area contributed by atoms with Crippen LogP contribution in [0, 0.1) is 0 Å². The van der Waals surface area contributed by atoms with Crippen LogP contribution in [0.4, 0.5) is 0 Å². The largest absolute Gasteiger partial charge is 0.494 e. The van der Waals surface area contributed by atoms with Crippen molar-refractivity contribution in [3.63, 3.8) is 0 Å². The molecule has 0 heterocycles. The number of carbonyl (C=O) groups excluding carboxylic acids is 2. The van der Waals surface area contributed by atoms with Gasteiger partial charge in [0.05, 0.1) is 6.61 Å². The van der Waals surface area contributed by atoms with Crippen LogP contribution in [0.25, 0.3) is 0 Å². The van der Waals surface area contributed by atoms with Crippen molar-refractivity contribution in [3.05, 3.63) is 65.7 Å². The topological polar surface area (TPSA) is 58.6 Å². The summed E-state index contributed by atoms with van der Waals surface area (Å²) in [6.45, 7) is 0.914. The van der Waals surface area contributed by atoms with Gasteiger partial charge in [-0.1, -0.05) is 30.3 Å². The predicted octanol–water partition coefficient (Wildman–Crippen LogP) is 2.86. The summed E-state index contributed by atoms with van der Waals surface area (Å²) in [5, 5.41) is 2.87. The van der Waals surface area contributed by atoms with E-state index in [9.17, 15) is 9.59 Å². The van der Waals surface area contributed by atoms with E-state index in [4.69, 9.17) is 4.74 Å². The maximum atomic E-state index is 12.0. The fourth-order valence-corrected chi connectivity index (χ4v) is 2.30. The number of amides is 2. The van der Waals surface area contributed by atoms with Gasteiger partial charge in [-0.25, -0.2) is 0 Å². The molecule has 0 aliphatic carbocycles. The Morgan fingerprint density at radius 1 is 1.04 bits per heavy atom. The number of nitrogens with zero attached hydrogens (tertiary/aromatic N) is 1. The van der Waals surface area contributed by atoms with Gasteiger partial charge in [0.15, 0.2) is 0 Å². The monoisotopic (exact) mass is 340 g/mol. The Kier molecular flexibility index (Phi) is 7.01. The third-order valence-corrected chi connectivity index (χ3v) is 3.63. The summed E-state index contributed by atoms with van der Waals surface area (Å²) < 4.78 is 5.56. The van der Waals surface area contributed by atoms with Gasteiger partial charge in [-0.15, -0.1) is 0 Å². The molecule has 25 heavy (non-hydrogen) atoms. The molecule has 0 atom stereocenters. The van der Waals surface area contributed by atoms with Gasteiger partial charge >= 0.3 is 0 Å². The molecule has 132 valence electrons. The summed E-state index contributed by atoms with van der Waals surface area (Å²) in [7, 11) is 3.43. The first-order valence-electron chi connectivity index (χ1n) is 8.31. The first-order chi connectivity index (χ1) is 12.1. The molecule has 0 aliphatic rings. The van der Waals surface area contributed by atoms with Crippen molar-refractivity contribution in [3.8, 4) is 5.75 Å². The van der Waals surface area contributed by atoms with Crippen LogP contribution in [0.2, 0.25) is 0 Å². The van der Waals surface area contributed by atoms with E-state index < -0.39 is 0 Å². The molecule has 0 saturated carbocycles. The summed E-state index contributed by atoms with van der Waals surface area (Å²) in [6, 6.07) is 16.8. The molecular formula is C20H24N2O3. The van der Waals surface area contributed by atoms with Gasteiger partial charge in [-0.05, 0) is 36.2 Å². The summed E-state index contributed by atoms with van der Waals surface area (Å²) in [4.78, 5) is 25.4. The van der Waals surface area contributed by atoms with Crippen LogP contribution in [-0.4, -0.2) is 37.4 Å². The number of rotatable bonds is 8. The summed E-state index contributed by atoms with van der Waals surface area (Å²) in [5.41, 5.74) is 1.52. The Bertz CT molecular complexity index is 699. The third kappa shape index (κ3) is 6.30. The molecule has 2 aromatic carbocycles. The fourth-order valence-electron chi connectivity index (χ4n) is 2.30. The minimum atomic E-state index is -0.0498. The van der Waals surface area contributed by atoms with Crippen molar-refractivity contribution in [2.45, 2.75) is 19.4 Å². The van der Waals surface area contributed by atoms with Crippen molar-refractivity contribution in [1.82, 2.24) is 10.2 Å². The van der Waals surface area contributed by atoms with Gasteiger partial charge in [0.1, 0.15) is 5.75 Å². The number of ether oxygens (including phenoxy) is 1. The van der Waals surface area contributed by atoms with Crippen LogP contribution in [0.1, 0.15) is 28.8 Å². The quantitative estimate of drug-likeness (QED) is 0.752. The molecule has 2 aromatic rings. The summed E-state index contributed by atoms with van der Waals surface area (Å²) >= 11 is 0. The number of hydrogen-bond donors (Lipinski definition) is 1. The van der Waals surface area contributed by atoms with Gasteiger partial charge in [0.25, 0.3) is 5.91 Å². The van der Waals surface area contributed by atoms with Crippen LogP contribution in [0.15, 0.2) is 54.6 Å². The second kappa shape index (κ2) is 9.47. The number of carbonyl (C=O) groups is 2. The molecule has 0 spiro atoms. The normalized spacial score (nSPS) is 10.2. The average molecular weight is 340 g/mol. The van der Waals surface area contributed by atoms with Gasteiger partial charge in [-0.2, -0.15) is 0 Å². The molecule has 0 saturated heterocycles. The molecule has 0 aliphatic heterocycles. The van der Waals surface area contributed by atoms with Crippen LogP contribution < -0.4 is 10.1 Å². The number of nitrogens with one attached hydrogen (secondary N) is 1. The second-order valence-electron chi connectivity index (χ2n) is 5.94. The van der Waals surface area contributed by atoms with E-state index >= 15 is 0 Å². The van der Waals surface area contributed by atoms with Gasteiger partial charge < -0.3 is 15.0 Å². The van der Waals surface area contributed by atoms with Crippen molar-refractivity contribution < 1.29 is 14.3 Å². The van der Waals surface area contributed by atoms with Crippen LogP contribution in [0.5, 0.6) is 5.75 Å². The molecule has 0 bridgehead atoms. The highest BCUT2D eigenvalue weighted by Gasteiger charge is 2.08. The zero-order valence-electron chi connectivity index (χ0n) is 14.7. The molecule has 0 aromatic heterocycles. The lowest BCUT2D eigenvalue weighted by atomic mass is 10.1. The molecule has 1 N–H and O–H groups in total. The van der Waals surface area contributed by atoms with Crippen LogP contribution >= 0.6 is 0 Å². The molecule has 0 radical (unpaired) electrons. The van der Waals surface area contributed by atoms with Crippen molar-refractivity contribution in [2.75, 3.05) is 20.7 Å². The summed E-state index contributed by atoms with van der Waals surface area (Å²) in [6.07, 6.45) is 1.06. The molecular weight excluding hydrogens is 316 g/mol. The maximum absolute atomic E-state index is 12.0. The van der Waals surface area contributed by atoms with Crippen molar-refractivity contribution in [2.24, 2.45) is 0 Å². The Hall–Kier alpha value is -2.82. The molecule has 0 unspecified atom stereocenters. The maximum Gasteiger partial charge on any atom is 0.253 e. The SMILES string of the molecule is CN(C)C(=O)c1cccc(CNC(=O)CCCOc2ccccc2)c1. The van der Waals surface area contributed by atoms with Crippen LogP contribution in [0.3, 0.4) is 0 Å². The lowest BCUT2D eigenvalue weighted by molar-refractivity contribution is -0.121. The highest BCUT2D eigenvalue weighted by molar-refractivity contribution is 5.94. The minimum absolute atomic E-state index is 0.0269. The average Bonchev–Trinajstić information content (AvgIpc) is 2.64. The molecule has 0 fully saturated rings. The molecule has 2 amide bonds. The first-order valence-corrected chi connectivity index (χ1v) is 8.31. The lowest BCUT2D eigenvalue weighted by Gasteiger charge is -2.11. The highest BCUT2D eigenvalue weighted by Crippen LogP contribution is 2.09. The minimum Gasteiger partial charge on any atom is -0.494 e. The zero-order valence-corrected chi connectivity index (χ0v) is 14.7. The van der Waals surface area contributed by atoms with E-state index in [0.29, 0.717) is 31.6 Å². The standard InChI is InChI=1S/C20H24N2O3/c1-22(2)20(24)17-9-6-8-16(14-17)15-21-19(23)12-7-13-25-18-10-4-3-5-11-18/h3-6,8-11,14H,7,12-13,15H2,1-2H3,(H,21,23). The Labute approximate surface area is 148 Å². The highest BCUT2D eigenvalue weighted by atomic mass is 16.5. The van der Waals surface area contributed by atoms with Crippen LogP contribution in [-0.2, 0) is 11.3 Å². The van der Waals surface area contributed by atoms with Crippen molar-refractivity contribution >= 4 is 11.8 Å². The Morgan fingerprint density at radius 2 is 1.80 bits per heavy atom. The summed E-state index contributed by atoms with van der Waals surface area (Å²) in [5.74, 6) is 0.734. The Morgan fingerprint density at radius 3 is 2.52 bits per heavy atom. The fraction of sp³-hybridized carbons (Fsp3) is 0.300. The van der Waals surface area contributed by atoms with Gasteiger partial charge in [0, 0.05) is 32.6 Å². The van der Waals surface area contributed by atoms with E-state index in [1.165, 1.54) is 4.90 Å². The second-order valence-corrected chi connectivity index (χ2v) is 5.94. The van der Waals surface area contributed by atoms with E-state index in [1.54, 1.807) is 26.2 Å². The number of hydrogen-bond acceptors (Lipinski definition) is 3. The Balaban J connectivity index is 1.71. The number of para-hydroxylation sites is 1. The molecule has 5 nitrogen and oxygen atoms in total. The van der Waals surface area contributed by atoms with E-state index in [-0.39, 0.29) is 11.8 Å².